The highest BCUT2D eigenvalue weighted by molar-refractivity contribution is 6.08. The first-order valence-electron chi connectivity index (χ1n) is 13.7. The summed E-state index contributed by atoms with van der Waals surface area (Å²) in [5, 5.41) is 10.1. The van der Waals surface area contributed by atoms with Crippen molar-refractivity contribution in [3.63, 3.8) is 0 Å². The highest BCUT2D eigenvalue weighted by atomic mass is 19.2. The fourth-order valence-electron chi connectivity index (χ4n) is 4.41. The number of likely N-dealkylation sites (N-methyl/N-ethyl adjacent to an activating group) is 1. The molecule has 0 spiro atoms. The summed E-state index contributed by atoms with van der Waals surface area (Å²) >= 11 is 0. The third kappa shape index (κ3) is 7.02. The molecule has 1 aliphatic carbocycles. The minimum atomic E-state index is -1.40. The summed E-state index contributed by atoms with van der Waals surface area (Å²) in [6.45, 7) is 5.14. The van der Waals surface area contributed by atoms with Gasteiger partial charge in [-0.15, -0.1) is 0 Å². The lowest BCUT2D eigenvalue weighted by Crippen LogP contribution is -2.43. The van der Waals surface area contributed by atoms with Gasteiger partial charge in [-0.1, -0.05) is 12.2 Å². The van der Waals surface area contributed by atoms with Gasteiger partial charge in [0.05, 0.1) is 31.0 Å². The van der Waals surface area contributed by atoms with Crippen LogP contribution in [0.4, 0.5) is 19.1 Å². The van der Waals surface area contributed by atoms with Crippen LogP contribution in [0.25, 0.3) is 0 Å². The van der Waals surface area contributed by atoms with E-state index in [0.717, 1.165) is 9.13 Å². The molecule has 0 radical (unpaired) electrons. The number of aliphatic imine (C=N–C) groups is 1. The number of ketones is 1. The Morgan fingerprint density at radius 2 is 1.77 bits per heavy atom. The first kappa shape index (κ1) is 31.7. The van der Waals surface area contributed by atoms with Gasteiger partial charge in [0.15, 0.2) is 11.6 Å². The Morgan fingerprint density at radius 1 is 1.02 bits per heavy atom. The molecule has 0 saturated carbocycles. The molecule has 0 unspecified atom stereocenters. The van der Waals surface area contributed by atoms with Crippen LogP contribution in [0.15, 0.2) is 86.3 Å². The molecular formula is C30H31F3N8O3. The van der Waals surface area contributed by atoms with Gasteiger partial charge in [0.25, 0.3) is 0 Å². The van der Waals surface area contributed by atoms with Crippen LogP contribution in [0.2, 0.25) is 0 Å². The summed E-state index contributed by atoms with van der Waals surface area (Å²) < 4.78 is 45.6. The Bertz CT molecular complexity index is 1860. The van der Waals surface area contributed by atoms with Crippen molar-refractivity contribution in [3.05, 3.63) is 121 Å². The molecule has 2 aromatic heterocycles. The van der Waals surface area contributed by atoms with Gasteiger partial charge in [-0.05, 0) is 50.6 Å². The maximum absolute atomic E-state index is 14.7. The lowest BCUT2D eigenvalue weighted by molar-refractivity contribution is -0.111. The molecule has 0 atom stereocenters. The zero-order valence-electron chi connectivity index (χ0n) is 24.6. The summed E-state index contributed by atoms with van der Waals surface area (Å²) in [6, 6.07) is 2.73. The standard InChI is InChI=1S/C30H31F3N8O3/c1-5-8-23(24-9-11-39(4)38-24)35-10-12-40-29(43)37-28(36-26-14-18(6-2)25(34-7-3)16-27(26)42)41(30(40)44)17-19-13-21(32)22(33)15-20(19)31/h5-6,8-9,11,13-16,34H,7,10,12,17H2,1-4H3,(H,36,37,43)/b8-5-,18-6-,35-23?. The summed E-state index contributed by atoms with van der Waals surface area (Å²) in [7, 11) is 1.75. The van der Waals surface area contributed by atoms with Crippen molar-refractivity contribution in [2.24, 2.45) is 12.0 Å². The number of allylic oxidation sites excluding steroid dienone is 5. The number of nitrogens with one attached hydrogen (secondary N) is 2. The van der Waals surface area contributed by atoms with Gasteiger partial charge < -0.3 is 10.6 Å². The Labute approximate surface area is 250 Å². The molecule has 0 fully saturated rings. The number of rotatable bonds is 11. The molecule has 2 heterocycles. The number of anilines is 1. The minimum Gasteiger partial charge on any atom is -0.385 e. The van der Waals surface area contributed by atoms with Gasteiger partial charge in [-0.25, -0.2) is 27.3 Å². The quantitative estimate of drug-likeness (QED) is 0.253. The molecule has 14 heteroatoms. The summed E-state index contributed by atoms with van der Waals surface area (Å²) in [5.41, 5.74) is 0.0547. The average Bonchev–Trinajstić information content (AvgIpc) is 3.42. The number of benzene rings is 1. The second kappa shape index (κ2) is 13.8. The van der Waals surface area contributed by atoms with Crippen LogP contribution in [-0.4, -0.2) is 48.5 Å². The molecule has 0 amide bonds. The van der Waals surface area contributed by atoms with Gasteiger partial charge in [-0.2, -0.15) is 10.1 Å². The Hall–Kier alpha value is -5.27. The van der Waals surface area contributed by atoms with Gasteiger partial charge in [0.2, 0.25) is 11.7 Å². The van der Waals surface area contributed by atoms with Crippen LogP contribution >= 0.6 is 0 Å². The lowest BCUT2D eigenvalue weighted by Gasteiger charge is -2.20. The zero-order chi connectivity index (χ0) is 32.0. The normalized spacial score (nSPS) is 14.8. The van der Waals surface area contributed by atoms with Crippen LogP contribution in [0.1, 0.15) is 32.0 Å². The molecule has 230 valence electrons. The first-order chi connectivity index (χ1) is 21.1. The number of halogens is 3. The van der Waals surface area contributed by atoms with Crippen molar-refractivity contribution >= 4 is 17.4 Å². The average molecular weight is 609 g/mol. The second-order valence-electron chi connectivity index (χ2n) is 9.62. The lowest BCUT2D eigenvalue weighted by atomic mass is 10.0. The van der Waals surface area contributed by atoms with E-state index in [2.05, 4.69) is 25.7 Å². The van der Waals surface area contributed by atoms with E-state index in [4.69, 9.17) is 0 Å². The van der Waals surface area contributed by atoms with Crippen molar-refractivity contribution in [2.45, 2.75) is 33.9 Å². The molecule has 0 bridgehead atoms. The van der Waals surface area contributed by atoms with Crippen LogP contribution in [0.3, 0.4) is 0 Å². The molecular weight excluding hydrogens is 577 g/mol. The highest BCUT2D eigenvalue weighted by Crippen LogP contribution is 2.21. The second-order valence-corrected chi connectivity index (χ2v) is 9.62. The van der Waals surface area contributed by atoms with Gasteiger partial charge in [0.1, 0.15) is 11.5 Å². The van der Waals surface area contributed by atoms with E-state index >= 15 is 0 Å². The molecule has 1 aromatic carbocycles. The van der Waals surface area contributed by atoms with Crippen molar-refractivity contribution in [1.82, 2.24) is 29.2 Å². The molecule has 44 heavy (non-hydrogen) atoms. The topological polar surface area (TPSA) is 128 Å². The highest BCUT2D eigenvalue weighted by Gasteiger charge is 2.22. The maximum Gasteiger partial charge on any atom is 0.355 e. The van der Waals surface area contributed by atoms with E-state index in [1.807, 2.05) is 6.92 Å². The number of aromatic nitrogens is 5. The van der Waals surface area contributed by atoms with Gasteiger partial charge >= 0.3 is 11.4 Å². The van der Waals surface area contributed by atoms with E-state index in [9.17, 15) is 27.6 Å². The molecule has 4 rings (SSSR count). The predicted octanol–water partition coefficient (Wildman–Crippen LogP) is 2.99. The summed E-state index contributed by atoms with van der Waals surface area (Å²) in [5.74, 6) is -4.70. The van der Waals surface area contributed by atoms with Crippen molar-refractivity contribution in [2.75, 3.05) is 18.4 Å². The number of carbonyl (C=O) groups is 1. The van der Waals surface area contributed by atoms with Crippen molar-refractivity contribution in [3.8, 4) is 0 Å². The van der Waals surface area contributed by atoms with Crippen molar-refractivity contribution in [1.29, 1.82) is 0 Å². The summed E-state index contributed by atoms with van der Waals surface area (Å²) in [4.78, 5) is 48.1. The van der Waals surface area contributed by atoms with Crippen LogP contribution in [-0.2, 0) is 24.9 Å². The summed E-state index contributed by atoms with van der Waals surface area (Å²) in [6.07, 6.45) is 9.85. The first-order valence-corrected chi connectivity index (χ1v) is 13.7. The molecule has 2 N–H and O–H groups in total. The molecule has 0 saturated heterocycles. The fraction of sp³-hybridized carbons (Fsp3) is 0.267. The van der Waals surface area contributed by atoms with E-state index in [1.165, 1.54) is 12.2 Å². The largest absolute Gasteiger partial charge is 0.385 e. The smallest absolute Gasteiger partial charge is 0.355 e. The van der Waals surface area contributed by atoms with Crippen LogP contribution < -0.4 is 22.0 Å². The molecule has 11 nitrogen and oxygen atoms in total. The van der Waals surface area contributed by atoms with Crippen molar-refractivity contribution < 1.29 is 18.0 Å². The Kier molecular flexibility index (Phi) is 9.93. The number of hydrogen-bond donors (Lipinski definition) is 2. The van der Waals surface area contributed by atoms with Gasteiger partial charge in [-0.3, -0.25) is 19.0 Å². The van der Waals surface area contributed by atoms with Crippen LogP contribution in [0, 0.1) is 17.5 Å². The number of carbonyl (C=O) groups excluding carboxylic acids is 1. The Balaban J connectivity index is 1.76. The zero-order valence-corrected chi connectivity index (χ0v) is 24.6. The predicted molar refractivity (Wildman–Crippen MR) is 160 cm³/mol. The number of hydrogen-bond acceptors (Lipinski definition) is 8. The molecule has 1 aliphatic rings. The monoisotopic (exact) mass is 608 g/mol. The van der Waals surface area contributed by atoms with Gasteiger partial charge in [0, 0.05) is 43.2 Å². The third-order valence-electron chi connectivity index (χ3n) is 6.55. The fourth-order valence-corrected chi connectivity index (χ4v) is 4.41. The van der Waals surface area contributed by atoms with Crippen LogP contribution in [0.5, 0.6) is 0 Å². The maximum atomic E-state index is 14.7. The Morgan fingerprint density at radius 3 is 2.43 bits per heavy atom. The van der Waals surface area contributed by atoms with E-state index in [0.29, 0.717) is 41.4 Å². The number of aryl methyl sites for hydroxylation is 1. The van der Waals surface area contributed by atoms with E-state index in [-0.39, 0.29) is 30.3 Å². The van der Waals surface area contributed by atoms with E-state index < -0.39 is 41.2 Å². The molecule has 0 aliphatic heterocycles. The SMILES string of the molecule is C/C=C\C(=NCCn1c(=O)nc(NC2=C/C(=C/C)C(NCC)=CC2=O)n(Cc2cc(F)c(F)cc2F)c1=O)c1ccn(C)n1. The number of nitrogens with zero attached hydrogens (tertiary/aromatic N) is 6. The third-order valence-corrected chi connectivity index (χ3v) is 6.55. The minimum absolute atomic E-state index is 0.0146. The van der Waals surface area contributed by atoms with E-state index in [1.54, 1.807) is 56.1 Å². The molecule has 3 aromatic rings.